The molecular formula is C12H15ClO6. The van der Waals surface area contributed by atoms with Crippen LogP contribution in [-0.2, 0) is 0 Å². The molecule has 2 unspecified atom stereocenters. The molecule has 0 bridgehead atoms. The zero-order chi connectivity index (χ0) is 14.6. The zero-order valence-corrected chi connectivity index (χ0v) is 11.2. The number of rotatable bonds is 6. The molecule has 0 saturated heterocycles. The Balaban J connectivity index is 3.40. The van der Waals surface area contributed by atoms with Crippen LogP contribution in [0.3, 0.4) is 0 Å². The van der Waals surface area contributed by atoms with Gasteiger partial charge < -0.3 is 24.8 Å². The Morgan fingerprint density at radius 3 is 2.05 bits per heavy atom. The fourth-order valence-electron chi connectivity index (χ4n) is 1.63. The Labute approximate surface area is 115 Å². The standard InChI is InChI=1S/C12H15ClO6/c1-18-8-3-6(12(16)17)4-9(19-2)10(8)11(15)7(14)5-13/h3-4,7,11,14-15H,5H2,1-2H3,(H,16,17). The van der Waals surface area contributed by atoms with Crippen molar-refractivity contribution in [2.24, 2.45) is 0 Å². The van der Waals surface area contributed by atoms with Crippen LogP contribution in [0.1, 0.15) is 22.0 Å². The van der Waals surface area contributed by atoms with Gasteiger partial charge in [0.25, 0.3) is 0 Å². The molecule has 3 N–H and O–H groups in total. The Morgan fingerprint density at radius 2 is 1.74 bits per heavy atom. The van der Waals surface area contributed by atoms with E-state index in [4.69, 9.17) is 26.2 Å². The maximum absolute atomic E-state index is 11.0. The number of carbonyl (C=O) groups is 1. The summed E-state index contributed by atoms with van der Waals surface area (Å²) in [5.74, 6) is -1.13. The predicted octanol–water partition coefficient (Wildman–Crippen LogP) is 1.04. The Morgan fingerprint density at radius 1 is 1.26 bits per heavy atom. The minimum absolute atomic E-state index is 0.0509. The molecule has 0 aromatic heterocycles. The predicted molar refractivity (Wildman–Crippen MR) is 68.2 cm³/mol. The summed E-state index contributed by atoms with van der Waals surface area (Å²) in [4.78, 5) is 11.0. The molecule has 0 radical (unpaired) electrons. The second kappa shape index (κ2) is 6.60. The van der Waals surface area contributed by atoms with Gasteiger partial charge in [0.2, 0.25) is 0 Å². The number of aromatic carboxylic acids is 1. The van der Waals surface area contributed by atoms with Gasteiger partial charge in [-0.2, -0.15) is 0 Å². The van der Waals surface area contributed by atoms with Gasteiger partial charge in [0.1, 0.15) is 17.6 Å². The first-order valence-corrected chi connectivity index (χ1v) is 5.91. The Kier molecular flexibility index (Phi) is 5.41. The normalized spacial score (nSPS) is 13.7. The van der Waals surface area contributed by atoms with Crippen molar-refractivity contribution in [3.05, 3.63) is 23.3 Å². The van der Waals surface area contributed by atoms with Crippen LogP contribution >= 0.6 is 11.6 Å². The lowest BCUT2D eigenvalue weighted by molar-refractivity contribution is 0.0296. The van der Waals surface area contributed by atoms with Gasteiger partial charge in [-0.1, -0.05) is 0 Å². The highest BCUT2D eigenvalue weighted by atomic mass is 35.5. The van der Waals surface area contributed by atoms with E-state index in [9.17, 15) is 15.0 Å². The first kappa shape index (κ1) is 15.6. The van der Waals surface area contributed by atoms with Crippen LogP contribution in [0.15, 0.2) is 12.1 Å². The third kappa shape index (κ3) is 3.28. The minimum Gasteiger partial charge on any atom is -0.496 e. The van der Waals surface area contributed by atoms with Crippen LogP contribution < -0.4 is 9.47 Å². The van der Waals surface area contributed by atoms with Gasteiger partial charge in [-0.3, -0.25) is 0 Å². The smallest absolute Gasteiger partial charge is 0.335 e. The minimum atomic E-state index is -1.34. The van der Waals surface area contributed by atoms with Gasteiger partial charge in [-0.15, -0.1) is 11.6 Å². The molecule has 0 spiro atoms. The first-order chi connectivity index (χ1) is 8.96. The molecule has 1 aromatic rings. The lowest BCUT2D eigenvalue weighted by atomic mass is 10.0. The zero-order valence-electron chi connectivity index (χ0n) is 10.5. The third-order valence-corrected chi connectivity index (χ3v) is 2.93. The van der Waals surface area contributed by atoms with Crippen molar-refractivity contribution in [1.29, 1.82) is 0 Å². The molecule has 0 aliphatic heterocycles. The molecule has 0 aliphatic carbocycles. The number of halogens is 1. The monoisotopic (exact) mass is 290 g/mol. The van der Waals surface area contributed by atoms with Crippen LogP contribution in [-0.4, -0.2) is 47.5 Å². The lowest BCUT2D eigenvalue weighted by Gasteiger charge is -2.21. The summed E-state index contributed by atoms with van der Waals surface area (Å²) in [6, 6.07) is 2.48. The second-order valence-corrected chi connectivity index (χ2v) is 4.07. The number of aliphatic hydroxyl groups excluding tert-OH is 2. The number of hydrogen-bond acceptors (Lipinski definition) is 5. The van der Waals surface area contributed by atoms with E-state index in [2.05, 4.69) is 0 Å². The number of alkyl halides is 1. The van der Waals surface area contributed by atoms with E-state index in [0.29, 0.717) is 0 Å². The summed E-state index contributed by atoms with van der Waals surface area (Å²) in [5.41, 5.74) is 0.105. The topological polar surface area (TPSA) is 96.2 Å². The maximum Gasteiger partial charge on any atom is 0.335 e. The van der Waals surface area contributed by atoms with Crippen molar-refractivity contribution < 1.29 is 29.6 Å². The van der Waals surface area contributed by atoms with Crippen molar-refractivity contribution in [3.63, 3.8) is 0 Å². The van der Waals surface area contributed by atoms with E-state index in [1.165, 1.54) is 26.4 Å². The summed E-state index contributed by atoms with van der Waals surface area (Å²) in [6.07, 6.45) is -2.56. The third-order valence-electron chi connectivity index (χ3n) is 2.61. The molecule has 0 aliphatic rings. The number of methoxy groups -OCH3 is 2. The number of hydrogen-bond donors (Lipinski definition) is 3. The molecule has 0 heterocycles. The van der Waals surface area contributed by atoms with Crippen molar-refractivity contribution in [1.82, 2.24) is 0 Å². The van der Waals surface area contributed by atoms with Gasteiger partial charge >= 0.3 is 5.97 Å². The van der Waals surface area contributed by atoms with E-state index < -0.39 is 18.2 Å². The molecule has 2 atom stereocenters. The highest BCUT2D eigenvalue weighted by Crippen LogP contribution is 2.37. The van der Waals surface area contributed by atoms with E-state index in [0.717, 1.165) is 0 Å². The van der Waals surface area contributed by atoms with E-state index in [1.54, 1.807) is 0 Å². The van der Waals surface area contributed by atoms with Gasteiger partial charge in [0.05, 0.1) is 37.3 Å². The largest absolute Gasteiger partial charge is 0.496 e. The molecule has 1 rings (SSSR count). The molecule has 106 valence electrons. The van der Waals surface area contributed by atoms with Crippen LogP contribution in [0.5, 0.6) is 11.5 Å². The second-order valence-electron chi connectivity index (χ2n) is 3.77. The quantitative estimate of drug-likeness (QED) is 0.677. The highest BCUT2D eigenvalue weighted by Gasteiger charge is 2.26. The van der Waals surface area contributed by atoms with Gasteiger partial charge in [-0.25, -0.2) is 4.79 Å². The van der Waals surface area contributed by atoms with E-state index in [-0.39, 0.29) is 28.5 Å². The average molecular weight is 291 g/mol. The van der Waals surface area contributed by atoms with Crippen LogP contribution in [0.2, 0.25) is 0 Å². The van der Waals surface area contributed by atoms with E-state index >= 15 is 0 Å². The fourth-order valence-corrected chi connectivity index (χ4v) is 1.80. The number of ether oxygens (including phenoxy) is 2. The fraction of sp³-hybridized carbons (Fsp3) is 0.417. The molecule has 0 saturated carbocycles. The molecule has 7 heteroatoms. The Bertz CT molecular complexity index is 437. The van der Waals surface area contributed by atoms with Crippen LogP contribution in [0.4, 0.5) is 0 Å². The van der Waals surface area contributed by atoms with Gasteiger partial charge in [0, 0.05) is 0 Å². The molecular weight excluding hydrogens is 276 g/mol. The molecule has 6 nitrogen and oxygen atoms in total. The highest BCUT2D eigenvalue weighted by molar-refractivity contribution is 6.18. The van der Waals surface area contributed by atoms with Crippen LogP contribution in [0, 0.1) is 0 Å². The SMILES string of the molecule is COc1cc(C(=O)O)cc(OC)c1C(O)C(O)CCl. The van der Waals surface area contributed by atoms with Crippen molar-refractivity contribution >= 4 is 17.6 Å². The summed E-state index contributed by atoms with van der Waals surface area (Å²) >= 11 is 5.48. The maximum atomic E-state index is 11.0. The number of carboxylic acid groups (broad SMARTS) is 1. The number of benzene rings is 1. The summed E-state index contributed by atoms with van der Waals surface area (Å²) in [6.45, 7) is 0. The average Bonchev–Trinajstić information content (AvgIpc) is 2.43. The number of aliphatic hydroxyl groups is 2. The first-order valence-electron chi connectivity index (χ1n) is 5.37. The molecule has 0 amide bonds. The van der Waals surface area contributed by atoms with Gasteiger partial charge in [0.15, 0.2) is 0 Å². The lowest BCUT2D eigenvalue weighted by Crippen LogP contribution is -2.21. The van der Waals surface area contributed by atoms with Crippen molar-refractivity contribution in [3.8, 4) is 11.5 Å². The van der Waals surface area contributed by atoms with Crippen LogP contribution in [0.25, 0.3) is 0 Å². The van der Waals surface area contributed by atoms with Crippen molar-refractivity contribution in [2.75, 3.05) is 20.1 Å². The van der Waals surface area contributed by atoms with Crippen molar-refractivity contribution in [2.45, 2.75) is 12.2 Å². The van der Waals surface area contributed by atoms with Gasteiger partial charge in [-0.05, 0) is 12.1 Å². The van der Waals surface area contributed by atoms with E-state index in [1.807, 2.05) is 0 Å². The summed E-state index contributed by atoms with van der Waals surface area (Å²) < 4.78 is 10.1. The molecule has 19 heavy (non-hydrogen) atoms. The molecule has 0 fully saturated rings. The molecule has 1 aromatic carbocycles. The number of carboxylic acids is 1. The summed E-state index contributed by atoms with van der Waals surface area (Å²) in [7, 11) is 2.65. The summed E-state index contributed by atoms with van der Waals surface area (Å²) in [5, 5.41) is 28.6. The Hall–Kier alpha value is -1.50.